The molecule has 0 bridgehead atoms. The third-order valence-electron chi connectivity index (χ3n) is 2.23. The van der Waals surface area contributed by atoms with Crippen molar-refractivity contribution in [2.24, 2.45) is 0 Å². The molecule has 1 rings (SSSR count). The monoisotopic (exact) mass is 290 g/mol. The van der Waals surface area contributed by atoms with Gasteiger partial charge in [-0.25, -0.2) is 0 Å². The topological polar surface area (TPSA) is 75.2 Å². The van der Waals surface area contributed by atoms with Crippen LogP contribution < -0.4 is 5.32 Å². The number of rotatable bonds is 4. The van der Waals surface area contributed by atoms with E-state index in [1.165, 1.54) is 18.0 Å². The zero-order valence-corrected chi connectivity index (χ0v) is 11.4. The molecule has 6 nitrogen and oxygen atoms in total. The maximum Gasteiger partial charge on any atom is 0.257 e. The first-order valence-electron chi connectivity index (χ1n) is 5.18. The molecule has 0 saturated carbocycles. The smallest absolute Gasteiger partial charge is 0.257 e. The highest BCUT2D eigenvalue weighted by Crippen LogP contribution is 2.17. The van der Waals surface area contributed by atoms with Gasteiger partial charge >= 0.3 is 0 Å². The number of aromatic nitrogens is 2. The van der Waals surface area contributed by atoms with E-state index >= 15 is 0 Å². The first kappa shape index (κ1) is 14.7. The molecule has 0 radical (unpaired) electrons. The van der Waals surface area contributed by atoms with E-state index in [1.54, 1.807) is 6.92 Å². The van der Waals surface area contributed by atoms with Crippen molar-refractivity contribution in [2.75, 3.05) is 20.1 Å². The summed E-state index contributed by atoms with van der Waals surface area (Å²) < 4.78 is 0. The average molecular weight is 291 g/mol. The summed E-state index contributed by atoms with van der Waals surface area (Å²) in [6, 6.07) is 1.33. The Kier molecular flexibility index (Phi) is 5.30. The highest BCUT2D eigenvalue weighted by atomic mass is 35.5. The van der Waals surface area contributed by atoms with Crippen LogP contribution >= 0.6 is 23.2 Å². The van der Waals surface area contributed by atoms with Gasteiger partial charge in [0.1, 0.15) is 0 Å². The number of hydrogen-bond acceptors (Lipinski definition) is 4. The lowest BCUT2D eigenvalue weighted by Gasteiger charge is -2.20. The van der Waals surface area contributed by atoms with Gasteiger partial charge in [0.25, 0.3) is 5.91 Å². The Bertz CT molecular complexity index is 467. The second-order valence-corrected chi connectivity index (χ2v) is 4.11. The molecule has 8 heteroatoms. The molecule has 0 aliphatic rings. The van der Waals surface area contributed by atoms with Gasteiger partial charge in [-0.05, 0) is 13.0 Å². The SMILES string of the molecule is CCN(CC(=O)NC)C(=O)c1cc(Cl)nnc1Cl. The van der Waals surface area contributed by atoms with E-state index in [4.69, 9.17) is 23.2 Å². The zero-order chi connectivity index (χ0) is 13.7. The summed E-state index contributed by atoms with van der Waals surface area (Å²) in [5.74, 6) is -0.683. The van der Waals surface area contributed by atoms with Crippen LogP contribution in [0.2, 0.25) is 10.3 Å². The van der Waals surface area contributed by atoms with E-state index < -0.39 is 5.91 Å². The lowest BCUT2D eigenvalue weighted by atomic mass is 10.2. The van der Waals surface area contributed by atoms with Gasteiger partial charge in [-0.1, -0.05) is 23.2 Å². The Labute approximate surface area is 114 Å². The number of carbonyl (C=O) groups excluding carboxylic acids is 2. The molecule has 0 aliphatic carbocycles. The Morgan fingerprint density at radius 2 is 2.06 bits per heavy atom. The van der Waals surface area contributed by atoms with Gasteiger partial charge in [-0.2, -0.15) is 0 Å². The van der Waals surface area contributed by atoms with Crippen LogP contribution in [-0.4, -0.2) is 47.0 Å². The van der Waals surface area contributed by atoms with E-state index in [2.05, 4.69) is 15.5 Å². The minimum absolute atomic E-state index is 0.0419. The molecule has 1 aromatic rings. The number of nitrogens with one attached hydrogen (secondary N) is 1. The molecule has 98 valence electrons. The predicted molar refractivity (Wildman–Crippen MR) is 67.7 cm³/mol. The minimum atomic E-state index is -0.414. The molecule has 0 saturated heterocycles. The van der Waals surface area contributed by atoms with E-state index in [-0.39, 0.29) is 28.3 Å². The predicted octanol–water partition coefficient (Wildman–Crippen LogP) is 0.991. The van der Waals surface area contributed by atoms with Gasteiger partial charge in [0.15, 0.2) is 10.3 Å². The molecule has 1 aromatic heterocycles. The van der Waals surface area contributed by atoms with E-state index in [0.717, 1.165) is 0 Å². The summed E-state index contributed by atoms with van der Waals surface area (Å²) in [6.07, 6.45) is 0. The normalized spacial score (nSPS) is 10.0. The fraction of sp³-hybridized carbons (Fsp3) is 0.400. The second-order valence-electron chi connectivity index (χ2n) is 3.36. The second kappa shape index (κ2) is 6.51. The van der Waals surface area contributed by atoms with Crippen LogP contribution in [0.4, 0.5) is 0 Å². The van der Waals surface area contributed by atoms with Crippen molar-refractivity contribution in [3.63, 3.8) is 0 Å². The third-order valence-corrected chi connectivity index (χ3v) is 2.70. The van der Waals surface area contributed by atoms with Gasteiger partial charge in [0, 0.05) is 13.6 Å². The molecule has 1 N–H and O–H groups in total. The largest absolute Gasteiger partial charge is 0.358 e. The molecule has 0 atom stereocenters. The van der Waals surface area contributed by atoms with Crippen LogP contribution in [0.1, 0.15) is 17.3 Å². The molecule has 2 amide bonds. The molecule has 0 spiro atoms. The number of amides is 2. The molecular weight excluding hydrogens is 279 g/mol. The van der Waals surface area contributed by atoms with Gasteiger partial charge in [-0.3, -0.25) is 9.59 Å². The van der Waals surface area contributed by atoms with E-state index in [0.29, 0.717) is 6.54 Å². The summed E-state index contributed by atoms with van der Waals surface area (Å²) >= 11 is 11.4. The van der Waals surface area contributed by atoms with Crippen LogP contribution in [0.3, 0.4) is 0 Å². The number of nitrogens with zero attached hydrogens (tertiary/aromatic N) is 3. The summed E-state index contributed by atoms with van der Waals surface area (Å²) in [5, 5.41) is 9.54. The molecule has 18 heavy (non-hydrogen) atoms. The first-order valence-corrected chi connectivity index (χ1v) is 5.93. The van der Waals surface area contributed by atoms with E-state index in [9.17, 15) is 9.59 Å². The minimum Gasteiger partial charge on any atom is -0.358 e. The Balaban J connectivity index is 2.96. The molecule has 0 fully saturated rings. The van der Waals surface area contributed by atoms with Crippen molar-refractivity contribution >= 4 is 35.0 Å². The quantitative estimate of drug-likeness (QED) is 0.897. The van der Waals surface area contributed by atoms with Gasteiger partial charge in [0.2, 0.25) is 5.91 Å². The fourth-order valence-electron chi connectivity index (χ4n) is 1.25. The number of hydrogen-bond donors (Lipinski definition) is 1. The van der Waals surface area contributed by atoms with Crippen molar-refractivity contribution in [1.29, 1.82) is 0 Å². The van der Waals surface area contributed by atoms with Crippen molar-refractivity contribution in [3.8, 4) is 0 Å². The van der Waals surface area contributed by atoms with Gasteiger partial charge in [0.05, 0.1) is 12.1 Å². The van der Waals surface area contributed by atoms with E-state index in [1.807, 2.05) is 0 Å². The van der Waals surface area contributed by atoms with Crippen molar-refractivity contribution in [2.45, 2.75) is 6.92 Å². The maximum atomic E-state index is 12.1. The van der Waals surface area contributed by atoms with Crippen LogP contribution in [0.25, 0.3) is 0 Å². The van der Waals surface area contributed by atoms with Crippen LogP contribution in [-0.2, 0) is 4.79 Å². The Hall–Kier alpha value is -1.40. The summed E-state index contributed by atoms with van der Waals surface area (Å²) in [7, 11) is 1.50. The third kappa shape index (κ3) is 3.54. The molecule has 0 aliphatic heterocycles. The maximum absolute atomic E-state index is 12.1. The van der Waals surface area contributed by atoms with Crippen LogP contribution in [0.15, 0.2) is 6.07 Å². The first-order chi connectivity index (χ1) is 8.49. The molecule has 1 heterocycles. The van der Waals surface area contributed by atoms with Crippen LogP contribution in [0, 0.1) is 0 Å². The highest BCUT2D eigenvalue weighted by molar-refractivity contribution is 6.34. The van der Waals surface area contributed by atoms with Gasteiger partial charge in [-0.15, -0.1) is 10.2 Å². The van der Waals surface area contributed by atoms with Gasteiger partial charge < -0.3 is 10.2 Å². The lowest BCUT2D eigenvalue weighted by molar-refractivity contribution is -0.121. The number of likely N-dealkylation sites (N-methyl/N-ethyl adjacent to an activating group) is 2. The zero-order valence-electron chi connectivity index (χ0n) is 9.91. The Morgan fingerprint density at radius 1 is 1.39 bits per heavy atom. The lowest BCUT2D eigenvalue weighted by Crippen LogP contribution is -2.39. The summed E-state index contributed by atoms with van der Waals surface area (Å²) in [6.45, 7) is 2.07. The fourth-order valence-corrected chi connectivity index (χ4v) is 1.57. The van der Waals surface area contributed by atoms with Crippen LogP contribution in [0.5, 0.6) is 0 Å². The number of halogens is 2. The number of carbonyl (C=O) groups is 2. The molecule has 0 unspecified atom stereocenters. The highest BCUT2D eigenvalue weighted by Gasteiger charge is 2.20. The molecular formula is C10H12Cl2N4O2. The standard InChI is InChI=1S/C10H12Cl2N4O2/c1-3-16(5-8(17)13-2)10(18)6-4-7(11)14-15-9(6)12/h4H,3,5H2,1-2H3,(H,13,17). The van der Waals surface area contributed by atoms with Crippen molar-refractivity contribution < 1.29 is 9.59 Å². The van der Waals surface area contributed by atoms with Crippen molar-refractivity contribution in [1.82, 2.24) is 20.4 Å². The summed E-state index contributed by atoms with van der Waals surface area (Å²) in [4.78, 5) is 24.7. The average Bonchev–Trinajstić information content (AvgIpc) is 2.37. The summed E-state index contributed by atoms with van der Waals surface area (Å²) in [5.41, 5.74) is 0.127. The molecule has 0 aromatic carbocycles. The van der Waals surface area contributed by atoms with Crippen molar-refractivity contribution in [3.05, 3.63) is 21.9 Å². The Morgan fingerprint density at radius 3 is 2.61 bits per heavy atom.